The summed E-state index contributed by atoms with van der Waals surface area (Å²) in [6, 6.07) is 0. The minimum atomic E-state index is 0. The lowest BCUT2D eigenvalue weighted by molar-refractivity contribution is -0.125. The van der Waals surface area contributed by atoms with E-state index in [1.54, 1.807) is 6.92 Å². The Kier molecular flexibility index (Phi) is 5.37. The molecule has 0 spiro atoms. The van der Waals surface area contributed by atoms with Crippen LogP contribution in [-0.2, 0) is 11.3 Å². The molecule has 2 heterocycles. The predicted octanol–water partition coefficient (Wildman–Crippen LogP) is 0.416. The van der Waals surface area contributed by atoms with Crippen molar-refractivity contribution in [3.63, 3.8) is 0 Å². The zero-order valence-electron chi connectivity index (χ0n) is 9.73. The Labute approximate surface area is 106 Å². The number of piperidine rings is 1. The van der Waals surface area contributed by atoms with Gasteiger partial charge >= 0.3 is 0 Å². The van der Waals surface area contributed by atoms with Crippen LogP contribution in [0.1, 0.15) is 24.6 Å². The smallest absolute Gasteiger partial charge is 0.246 e. The number of rotatable bonds is 3. The number of nitrogens with one attached hydrogen (secondary N) is 2. The average molecular weight is 261 g/mol. The molecule has 2 rings (SSSR count). The number of aromatic nitrogens is 2. The molecule has 0 saturated carbocycles. The number of carbonyl (C=O) groups excluding carboxylic acids is 1. The van der Waals surface area contributed by atoms with Crippen LogP contribution in [0.15, 0.2) is 4.52 Å². The molecule has 96 valence electrons. The molecule has 7 heteroatoms. The first-order chi connectivity index (χ1) is 7.75. The lowest BCUT2D eigenvalue weighted by Crippen LogP contribution is -2.40. The number of halogens is 1. The van der Waals surface area contributed by atoms with E-state index in [0.29, 0.717) is 18.3 Å². The summed E-state index contributed by atoms with van der Waals surface area (Å²) < 4.78 is 4.91. The molecule has 1 aromatic heterocycles. The molecule has 17 heavy (non-hydrogen) atoms. The fourth-order valence-corrected chi connectivity index (χ4v) is 1.79. The summed E-state index contributed by atoms with van der Waals surface area (Å²) in [6.07, 6.45) is 2.00. The maximum atomic E-state index is 11.7. The molecule has 1 amide bonds. The third kappa shape index (κ3) is 3.98. The fraction of sp³-hybridized carbons (Fsp3) is 0.700. The summed E-state index contributed by atoms with van der Waals surface area (Å²) >= 11 is 0. The summed E-state index contributed by atoms with van der Waals surface area (Å²) in [7, 11) is 0. The Morgan fingerprint density at radius 3 is 3.06 bits per heavy atom. The maximum Gasteiger partial charge on any atom is 0.246 e. The first-order valence-corrected chi connectivity index (χ1v) is 5.53. The fourth-order valence-electron chi connectivity index (χ4n) is 1.79. The van der Waals surface area contributed by atoms with Crippen molar-refractivity contribution >= 4 is 18.3 Å². The Morgan fingerprint density at radius 2 is 2.47 bits per heavy atom. The standard InChI is InChI=1S/C10H16N4O2.ClH/c1-7-13-9(16-14-7)6-12-10(15)8-3-2-4-11-5-8;/h8,11H,2-6H2,1H3,(H,12,15);1H. The van der Waals surface area contributed by atoms with Crippen LogP contribution in [0, 0.1) is 12.8 Å². The summed E-state index contributed by atoms with van der Waals surface area (Å²) in [5, 5.41) is 9.67. The molecule has 1 aliphatic heterocycles. The molecule has 1 aromatic rings. The molecule has 1 aliphatic rings. The number of amides is 1. The Hall–Kier alpha value is -1.14. The zero-order chi connectivity index (χ0) is 11.4. The second kappa shape index (κ2) is 6.56. The highest BCUT2D eigenvalue weighted by Gasteiger charge is 2.20. The van der Waals surface area contributed by atoms with Crippen LogP contribution in [-0.4, -0.2) is 29.1 Å². The first-order valence-electron chi connectivity index (χ1n) is 5.53. The lowest BCUT2D eigenvalue weighted by atomic mass is 9.99. The number of nitrogens with zero attached hydrogens (tertiary/aromatic N) is 2. The van der Waals surface area contributed by atoms with Crippen LogP contribution in [0.25, 0.3) is 0 Å². The van der Waals surface area contributed by atoms with Gasteiger partial charge in [0.25, 0.3) is 0 Å². The van der Waals surface area contributed by atoms with Crippen molar-refractivity contribution in [2.75, 3.05) is 13.1 Å². The third-order valence-corrected chi connectivity index (χ3v) is 2.65. The van der Waals surface area contributed by atoms with Gasteiger partial charge in [-0.25, -0.2) is 0 Å². The molecule has 0 radical (unpaired) electrons. The summed E-state index contributed by atoms with van der Waals surface area (Å²) in [6.45, 7) is 3.83. The van der Waals surface area contributed by atoms with Crippen LogP contribution < -0.4 is 10.6 Å². The molecule has 1 fully saturated rings. The van der Waals surface area contributed by atoms with Gasteiger partial charge in [0.1, 0.15) is 0 Å². The van der Waals surface area contributed by atoms with Crippen molar-refractivity contribution in [2.24, 2.45) is 5.92 Å². The summed E-state index contributed by atoms with van der Waals surface area (Å²) in [4.78, 5) is 15.8. The van der Waals surface area contributed by atoms with Gasteiger partial charge in [-0.15, -0.1) is 12.4 Å². The summed E-state index contributed by atoms with van der Waals surface area (Å²) in [5.41, 5.74) is 0. The number of hydrogen-bond acceptors (Lipinski definition) is 5. The van der Waals surface area contributed by atoms with E-state index in [1.807, 2.05) is 0 Å². The molecule has 1 unspecified atom stereocenters. The quantitative estimate of drug-likeness (QED) is 0.823. The molecule has 1 atom stereocenters. The monoisotopic (exact) mass is 260 g/mol. The predicted molar refractivity (Wildman–Crippen MR) is 63.7 cm³/mol. The molecule has 1 saturated heterocycles. The van der Waals surface area contributed by atoms with E-state index in [2.05, 4.69) is 20.8 Å². The average Bonchev–Trinajstić information content (AvgIpc) is 2.73. The van der Waals surface area contributed by atoms with E-state index in [9.17, 15) is 4.79 Å². The van der Waals surface area contributed by atoms with E-state index in [0.717, 1.165) is 25.9 Å². The normalized spacial score (nSPS) is 19.5. The minimum absolute atomic E-state index is 0. The maximum absolute atomic E-state index is 11.7. The highest BCUT2D eigenvalue weighted by atomic mass is 35.5. The van der Waals surface area contributed by atoms with Crippen molar-refractivity contribution < 1.29 is 9.32 Å². The second-order valence-electron chi connectivity index (χ2n) is 4.00. The van der Waals surface area contributed by atoms with Crippen LogP contribution in [0.5, 0.6) is 0 Å². The topological polar surface area (TPSA) is 80.0 Å². The lowest BCUT2D eigenvalue weighted by Gasteiger charge is -2.21. The highest BCUT2D eigenvalue weighted by Crippen LogP contribution is 2.09. The van der Waals surface area contributed by atoms with E-state index in [4.69, 9.17) is 4.52 Å². The van der Waals surface area contributed by atoms with Gasteiger partial charge < -0.3 is 15.2 Å². The van der Waals surface area contributed by atoms with Crippen molar-refractivity contribution in [2.45, 2.75) is 26.3 Å². The molecular weight excluding hydrogens is 244 g/mol. The van der Waals surface area contributed by atoms with Crippen molar-refractivity contribution in [1.29, 1.82) is 0 Å². The number of carbonyl (C=O) groups is 1. The van der Waals surface area contributed by atoms with E-state index in [1.165, 1.54) is 0 Å². The SMILES string of the molecule is Cc1noc(CNC(=O)C2CCCNC2)n1.Cl. The van der Waals surface area contributed by atoms with Gasteiger partial charge in [-0.3, -0.25) is 4.79 Å². The van der Waals surface area contributed by atoms with Crippen molar-refractivity contribution in [3.8, 4) is 0 Å². The molecule has 0 aromatic carbocycles. The van der Waals surface area contributed by atoms with Gasteiger partial charge in [-0.1, -0.05) is 5.16 Å². The highest BCUT2D eigenvalue weighted by molar-refractivity contribution is 5.85. The van der Waals surface area contributed by atoms with Gasteiger partial charge in [-0.05, 0) is 26.3 Å². The van der Waals surface area contributed by atoms with E-state index < -0.39 is 0 Å². The Morgan fingerprint density at radius 1 is 1.65 bits per heavy atom. The van der Waals surface area contributed by atoms with Gasteiger partial charge in [-0.2, -0.15) is 4.98 Å². The zero-order valence-corrected chi connectivity index (χ0v) is 10.5. The van der Waals surface area contributed by atoms with E-state index in [-0.39, 0.29) is 24.2 Å². The Balaban J connectivity index is 0.00000144. The van der Waals surface area contributed by atoms with Gasteiger partial charge in [0.05, 0.1) is 12.5 Å². The molecular formula is C10H17ClN4O2. The van der Waals surface area contributed by atoms with Crippen LogP contribution in [0.3, 0.4) is 0 Å². The van der Waals surface area contributed by atoms with Gasteiger partial charge in [0.2, 0.25) is 11.8 Å². The van der Waals surface area contributed by atoms with E-state index >= 15 is 0 Å². The van der Waals surface area contributed by atoms with Crippen molar-refractivity contribution in [1.82, 2.24) is 20.8 Å². The minimum Gasteiger partial charge on any atom is -0.347 e. The van der Waals surface area contributed by atoms with Crippen LogP contribution in [0.2, 0.25) is 0 Å². The third-order valence-electron chi connectivity index (χ3n) is 2.65. The molecule has 2 N–H and O–H groups in total. The number of hydrogen-bond donors (Lipinski definition) is 2. The van der Waals surface area contributed by atoms with Gasteiger partial charge in [0, 0.05) is 6.54 Å². The van der Waals surface area contributed by atoms with Gasteiger partial charge in [0.15, 0.2) is 5.82 Å². The van der Waals surface area contributed by atoms with Crippen molar-refractivity contribution in [3.05, 3.63) is 11.7 Å². The van der Waals surface area contributed by atoms with Crippen LogP contribution >= 0.6 is 12.4 Å². The molecule has 6 nitrogen and oxygen atoms in total. The van der Waals surface area contributed by atoms with Crippen LogP contribution in [0.4, 0.5) is 0 Å². The second-order valence-corrected chi connectivity index (χ2v) is 4.00. The Bertz CT molecular complexity index is 363. The first kappa shape index (κ1) is 13.9. The summed E-state index contributed by atoms with van der Waals surface area (Å²) in [5.74, 6) is 1.17. The number of aryl methyl sites for hydroxylation is 1. The molecule has 0 aliphatic carbocycles. The molecule has 0 bridgehead atoms. The largest absolute Gasteiger partial charge is 0.347 e.